The van der Waals surface area contributed by atoms with E-state index in [-0.39, 0.29) is 0 Å². The van der Waals surface area contributed by atoms with Crippen molar-refractivity contribution in [3.05, 3.63) is 253 Å². The highest BCUT2D eigenvalue weighted by atomic mass is 16.3. The third-order valence-electron chi connectivity index (χ3n) is 12.6. The van der Waals surface area contributed by atoms with Crippen LogP contribution in [0.3, 0.4) is 0 Å². The van der Waals surface area contributed by atoms with E-state index in [2.05, 4.69) is 200 Å². The number of rotatable bonds is 7. The third-order valence-corrected chi connectivity index (χ3v) is 12.6. The van der Waals surface area contributed by atoms with Crippen LogP contribution < -0.4 is 0 Å². The average Bonchev–Trinajstić information content (AvgIpc) is 3.88. The molecule has 0 radical (unpaired) electrons. The third kappa shape index (κ3) is 5.82. The average molecular weight is 791 g/mol. The van der Waals surface area contributed by atoms with Gasteiger partial charge in [0.25, 0.3) is 0 Å². The summed E-state index contributed by atoms with van der Waals surface area (Å²) in [4.78, 5) is 10.3. The number of furan rings is 1. The van der Waals surface area contributed by atoms with Gasteiger partial charge in [0.05, 0.1) is 16.8 Å². The summed E-state index contributed by atoms with van der Waals surface area (Å²) in [6.45, 7) is 0. The maximum absolute atomic E-state index is 6.25. The monoisotopic (exact) mass is 790 g/mol. The standard InChI is InChI=1S/C59H38N2O/c1-4-15-41(16-5-1)58-60-54(38-55(61-58)45-18-14-17-42(35-45)44-31-33-50-49-24-11-13-26-56(49)62-57(50)37-44)40-29-27-39(28-30-40)43-32-34-53-51(36-43)48-23-10-12-25-52(48)59(53,46-19-6-2-7-20-46)47-21-8-3-9-22-47/h1-38H. The van der Waals surface area contributed by atoms with Crippen LogP contribution in [0, 0.1) is 0 Å². The van der Waals surface area contributed by atoms with E-state index in [0.29, 0.717) is 5.82 Å². The minimum atomic E-state index is -0.417. The fourth-order valence-electron chi connectivity index (χ4n) is 9.69. The molecule has 12 rings (SSSR count). The number of nitrogens with zero attached hydrogens (tertiary/aromatic N) is 2. The van der Waals surface area contributed by atoms with Gasteiger partial charge in [0.15, 0.2) is 5.82 Å². The van der Waals surface area contributed by atoms with Crippen molar-refractivity contribution in [3.8, 4) is 67.3 Å². The summed E-state index contributed by atoms with van der Waals surface area (Å²) < 4.78 is 6.25. The second-order valence-corrected chi connectivity index (χ2v) is 16.1. The highest BCUT2D eigenvalue weighted by Crippen LogP contribution is 2.56. The van der Waals surface area contributed by atoms with E-state index in [1.165, 1.54) is 38.9 Å². The molecule has 0 unspecified atom stereocenters. The summed E-state index contributed by atoms with van der Waals surface area (Å²) in [5.74, 6) is 0.689. The predicted octanol–water partition coefficient (Wildman–Crippen LogP) is 15.1. The largest absolute Gasteiger partial charge is 0.456 e. The van der Waals surface area contributed by atoms with Crippen LogP contribution in [0.1, 0.15) is 22.3 Å². The Kier molecular flexibility index (Phi) is 8.39. The van der Waals surface area contributed by atoms with Gasteiger partial charge in [-0.2, -0.15) is 0 Å². The molecule has 1 aliphatic carbocycles. The lowest BCUT2D eigenvalue weighted by molar-refractivity contribution is 0.669. The van der Waals surface area contributed by atoms with E-state index < -0.39 is 5.41 Å². The minimum Gasteiger partial charge on any atom is -0.456 e. The highest BCUT2D eigenvalue weighted by molar-refractivity contribution is 6.06. The molecule has 0 aliphatic heterocycles. The molecule has 2 heterocycles. The first-order valence-corrected chi connectivity index (χ1v) is 21.1. The number of aromatic nitrogens is 2. The smallest absolute Gasteiger partial charge is 0.160 e. The van der Waals surface area contributed by atoms with E-state index in [1.54, 1.807) is 0 Å². The Morgan fingerprint density at radius 2 is 0.839 bits per heavy atom. The van der Waals surface area contributed by atoms with Gasteiger partial charge in [-0.05, 0) is 92.0 Å². The Balaban J connectivity index is 0.928. The Hall–Kier alpha value is -8.14. The molecule has 0 bridgehead atoms. The first kappa shape index (κ1) is 35.8. The molecule has 3 heteroatoms. The number of hydrogen-bond donors (Lipinski definition) is 0. The zero-order chi connectivity index (χ0) is 41.0. The van der Waals surface area contributed by atoms with Gasteiger partial charge in [-0.1, -0.05) is 194 Å². The van der Waals surface area contributed by atoms with E-state index in [9.17, 15) is 0 Å². The summed E-state index contributed by atoms with van der Waals surface area (Å²) in [6.07, 6.45) is 0. The molecule has 0 atom stereocenters. The van der Waals surface area contributed by atoms with Crippen LogP contribution in [0.4, 0.5) is 0 Å². The van der Waals surface area contributed by atoms with E-state index in [1.807, 2.05) is 30.3 Å². The molecule has 62 heavy (non-hydrogen) atoms. The summed E-state index contributed by atoms with van der Waals surface area (Å²) >= 11 is 0. The van der Waals surface area contributed by atoms with Crippen LogP contribution in [0.2, 0.25) is 0 Å². The molecule has 0 saturated heterocycles. The van der Waals surface area contributed by atoms with Crippen molar-refractivity contribution in [3.63, 3.8) is 0 Å². The molecular weight excluding hydrogens is 753 g/mol. The fraction of sp³-hybridized carbons (Fsp3) is 0.0169. The van der Waals surface area contributed by atoms with Gasteiger partial charge >= 0.3 is 0 Å². The number of benzene rings is 9. The van der Waals surface area contributed by atoms with Crippen molar-refractivity contribution in [1.29, 1.82) is 0 Å². The quantitative estimate of drug-likeness (QED) is 0.161. The van der Waals surface area contributed by atoms with Gasteiger partial charge in [0.1, 0.15) is 11.2 Å². The van der Waals surface area contributed by atoms with Crippen LogP contribution in [-0.2, 0) is 5.41 Å². The number of para-hydroxylation sites is 1. The summed E-state index contributed by atoms with van der Waals surface area (Å²) in [7, 11) is 0. The Morgan fingerprint density at radius 3 is 1.61 bits per heavy atom. The van der Waals surface area contributed by atoms with Crippen LogP contribution in [-0.4, -0.2) is 9.97 Å². The summed E-state index contributed by atoms with van der Waals surface area (Å²) in [5.41, 5.74) is 18.3. The maximum Gasteiger partial charge on any atom is 0.160 e. The highest BCUT2D eigenvalue weighted by Gasteiger charge is 2.45. The van der Waals surface area contributed by atoms with Gasteiger partial charge in [0, 0.05) is 27.5 Å². The minimum absolute atomic E-state index is 0.417. The van der Waals surface area contributed by atoms with Crippen LogP contribution >= 0.6 is 0 Å². The molecule has 290 valence electrons. The van der Waals surface area contributed by atoms with Crippen molar-refractivity contribution in [2.75, 3.05) is 0 Å². The molecule has 0 fully saturated rings. The molecule has 11 aromatic rings. The number of hydrogen-bond acceptors (Lipinski definition) is 3. The predicted molar refractivity (Wildman–Crippen MR) is 254 cm³/mol. The molecule has 2 aromatic heterocycles. The lowest BCUT2D eigenvalue weighted by atomic mass is 9.67. The number of fused-ring (bicyclic) bond motifs is 6. The van der Waals surface area contributed by atoms with Crippen molar-refractivity contribution < 1.29 is 4.42 Å². The van der Waals surface area contributed by atoms with Gasteiger partial charge in [-0.15, -0.1) is 0 Å². The molecule has 0 amide bonds. The SMILES string of the molecule is c1ccc(-c2nc(-c3ccc(-c4ccc5c(c4)-c4ccccc4C5(c4ccccc4)c4ccccc4)cc3)cc(-c3cccc(-c4ccc5c(c4)oc4ccccc45)c3)n2)cc1. The van der Waals surface area contributed by atoms with Crippen molar-refractivity contribution in [2.24, 2.45) is 0 Å². The molecule has 0 spiro atoms. The second-order valence-electron chi connectivity index (χ2n) is 16.1. The molecule has 0 saturated carbocycles. The fourth-order valence-corrected chi connectivity index (χ4v) is 9.69. The first-order valence-electron chi connectivity index (χ1n) is 21.1. The summed E-state index contributed by atoms with van der Waals surface area (Å²) in [5, 5.41) is 2.25. The maximum atomic E-state index is 6.25. The second kappa shape index (κ2) is 14.5. The molecular formula is C59H38N2O. The zero-order valence-corrected chi connectivity index (χ0v) is 33.7. The lowest BCUT2D eigenvalue weighted by Gasteiger charge is -2.33. The van der Waals surface area contributed by atoms with Gasteiger partial charge < -0.3 is 4.42 Å². The first-order chi connectivity index (χ1) is 30.7. The van der Waals surface area contributed by atoms with E-state index in [0.717, 1.165) is 66.7 Å². The van der Waals surface area contributed by atoms with E-state index >= 15 is 0 Å². The van der Waals surface area contributed by atoms with Gasteiger partial charge in [0.2, 0.25) is 0 Å². The molecule has 9 aromatic carbocycles. The topological polar surface area (TPSA) is 38.9 Å². The zero-order valence-electron chi connectivity index (χ0n) is 33.7. The lowest BCUT2D eigenvalue weighted by Crippen LogP contribution is -2.28. The van der Waals surface area contributed by atoms with Crippen LogP contribution in [0.25, 0.3) is 89.2 Å². The van der Waals surface area contributed by atoms with Crippen LogP contribution in [0.5, 0.6) is 0 Å². The Bertz CT molecular complexity index is 3400. The van der Waals surface area contributed by atoms with Gasteiger partial charge in [-0.25, -0.2) is 9.97 Å². The van der Waals surface area contributed by atoms with Crippen molar-refractivity contribution in [1.82, 2.24) is 9.97 Å². The van der Waals surface area contributed by atoms with Crippen molar-refractivity contribution in [2.45, 2.75) is 5.41 Å². The Labute approximate surface area is 360 Å². The summed E-state index contributed by atoms with van der Waals surface area (Å²) in [6, 6.07) is 82.3. The Morgan fingerprint density at radius 1 is 0.306 bits per heavy atom. The normalized spacial score (nSPS) is 12.6. The molecule has 0 N–H and O–H groups in total. The van der Waals surface area contributed by atoms with Crippen LogP contribution in [0.15, 0.2) is 235 Å². The molecule has 3 nitrogen and oxygen atoms in total. The van der Waals surface area contributed by atoms with Gasteiger partial charge in [-0.3, -0.25) is 0 Å². The van der Waals surface area contributed by atoms with Crippen molar-refractivity contribution >= 4 is 21.9 Å². The molecule has 1 aliphatic rings. The van der Waals surface area contributed by atoms with E-state index in [4.69, 9.17) is 14.4 Å².